The summed E-state index contributed by atoms with van der Waals surface area (Å²) in [7, 11) is 0. The molecule has 2 heterocycles. The number of nitrogens with zero attached hydrogens (tertiary/aromatic N) is 2. The lowest BCUT2D eigenvalue weighted by molar-refractivity contribution is -0.137. The van der Waals surface area contributed by atoms with Crippen LogP contribution in [0.4, 0.5) is 23.7 Å². The Hall–Kier alpha value is -3.94. The quantitative estimate of drug-likeness (QED) is 0.219. The number of fused-ring (bicyclic) bond motifs is 1. The molecule has 0 spiro atoms. The zero-order chi connectivity index (χ0) is 32.8. The minimum absolute atomic E-state index is 0.155. The number of aliphatic hydroxyl groups is 1. The standard InChI is InChI=1S/C33H36F3N3O6S/c1-3-21(2)17-38(46-23-13-14-28-29(16-23)44-20-43-28)18-27(40)25(15-22-9-5-4-6-10-22)37-31(41)30-19-39(32(42)45-30)26-12-8-7-11-24(26)33(34,35)36/h4-14,16,21,25,27,30,40H,3,15,17-20H2,1-2H3,(H,37,41)/t21?,25?,27?,30-/m0/s1. The molecule has 46 heavy (non-hydrogen) atoms. The molecule has 0 aromatic heterocycles. The van der Waals surface area contributed by atoms with Crippen LogP contribution in [0.2, 0.25) is 0 Å². The van der Waals surface area contributed by atoms with E-state index in [1.54, 1.807) is 0 Å². The molecule has 0 aliphatic carbocycles. The molecule has 2 aliphatic rings. The van der Waals surface area contributed by atoms with Crippen molar-refractivity contribution in [1.29, 1.82) is 0 Å². The summed E-state index contributed by atoms with van der Waals surface area (Å²) in [5, 5.41) is 14.4. The number of carbonyl (C=O) groups is 2. The van der Waals surface area contributed by atoms with E-state index in [0.29, 0.717) is 24.0 Å². The van der Waals surface area contributed by atoms with Gasteiger partial charge in [-0.2, -0.15) is 13.2 Å². The van der Waals surface area contributed by atoms with Crippen molar-refractivity contribution >= 4 is 29.6 Å². The van der Waals surface area contributed by atoms with E-state index >= 15 is 0 Å². The average molecular weight is 660 g/mol. The maximum absolute atomic E-state index is 13.7. The van der Waals surface area contributed by atoms with Gasteiger partial charge < -0.3 is 24.6 Å². The van der Waals surface area contributed by atoms with Crippen molar-refractivity contribution in [2.24, 2.45) is 5.92 Å². The number of para-hydroxylation sites is 1. The van der Waals surface area contributed by atoms with E-state index in [0.717, 1.165) is 33.9 Å². The van der Waals surface area contributed by atoms with Crippen molar-refractivity contribution in [3.8, 4) is 11.5 Å². The molecule has 3 aromatic rings. The molecular weight excluding hydrogens is 623 g/mol. The van der Waals surface area contributed by atoms with Gasteiger partial charge in [-0.1, -0.05) is 62.7 Å². The Balaban J connectivity index is 1.32. The first-order chi connectivity index (χ1) is 22.0. The van der Waals surface area contributed by atoms with Crippen molar-refractivity contribution < 1.29 is 42.1 Å². The number of alkyl halides is 3. The van der Waals surface area contributed by atoms with E-state index in [1.807, 2.05) is 52.8 Å². The molecule has 2 N–H and O–H groups in total. The highest BCUT2D eigenvalue weighted by Crippen LogP contribution is 2.38. The molecular formula is C33H36F3N3O6S. The Kier molecular flexibility index (Phi) is 10.6. The van der Waals surface area contributed by atoms with Crippen LogP contribution in [-0.4, -0.2) is 66.1 Å². The summed E-state index contributed by atoms with van der Waals surface area (Å²) in [5.74, 6) is 0.898. The fourth-order valence-electron chi connectivity index (χ4n) is 5.22. The number of anilines is 1. The first-order valence-electron chi connectivity index (χ1n) is 15.0. The Morgan fingerprint density at radius 2 is 1.78 bits per heavy atom. The van der Waals surface area contributed by atoms with Gasteiger partial charge in [0.25, 0.3) is 5.91 Å². The van der Waals surface area contributed by atoms with E-state index in [2.05, 4.69) is 19.2 Å². The van der Waals surface area contributed by atoms with Crippen molar-refractivity contribution in [2.75, 3.05) is 31.3 Å². The molecule has 3 unspecified atom stereocenters. The van der Waals surface area contributed by atoms with Gasteiger partial charge >= 0.3 is 12.3 Å². The summed E-state index contributed by atoms with van der Waals surface area (Å²) >= 11 is 1.45. The average Bonchev–Trinajstić information content (AvgIpc) is 3.67. The second-order valence-electron chi connectivity index (χ2n) is 11.3. The predicted octanol–water partition coefficient (Wildman–Crippen LogP) is 5.90. The van der Waals surface area contributed by atoms with Gasteiger partial charge in [-0.15, -0.1) is 0 Å². The van der Waals surface area contributed by atoms with Gasteiger partial charge in [0.15, 0.2) is 17.6 Å². The third-order valence-corrected chi connectivity index (χ3v) is 8.90. The third kappa shape index (κ3) is 8.25. The molecule has 1 fully saturated rings. The normalized spacial score (nSPS) is 17.9. The van der Waals surface area contributed by atoms with Gasteiger partial charge in [-0.25, -0.2) is 9.10 Å². The molecule has 5 rings (SSSR count). The van der Waals surface area contributed by atoms with Gasteiger partial charge in [0.05, 0.1) is 29.9 Å². The molecule has 1 saturated heterocycles. The predicted molar refractivity (Wildman–Crippen MR) is 167 cm³/mol. The number of rotatable bonds is 13. The van der Waals surface area contributed by atoms with Crippen LogP contribution in [0.15, 0.2) is 77.7 Å². The fourth-order valence-corrected chi connectivity index (χ4v) is 6.36. The number of hydrogen-bond acceptors (Lipinski definition) is 8. The molecule has 3 aromatic carbocycles. The zero-order valence-electron chi connectivity index (χ0n) is 25.4. The lowest BCUT2D eigenvalue weighted by atomic mass is 10.0. The summed E-state index contributed by atoms with van der Waals surface area (Å²) in [5.41, 5.74) is -0.544. The van der Waals surface area contributed by atoms with Gasteiger partial charge in [-0.05, 0) is 60.2 Å². The number of nitrogens with one attached hydrogen (secondary N) is 1. The fraction of sp³-hybridized carbons (Fsp3) is 0.394. The largest absolute Gasteiger partial charge is 0.454 e. The Labute approximate surface area is 269 Å². The maximum Gasteiger partial charge on any atom is 0.418 e. The minimum atomic E-state index is -4.71. The number of carbonyl (C=O) groups excluding carboxylic acids is 2. The van der Waals surface area contributed by atoms with E-state index < -0.39 is 54.2 Å². The molecule has 9 nitrogen and oxygen atoms in total. The third-order valence-electron chi connectivity index (χ3n) is 7.88. The summed E-state index contributed by atoms with van der Waals surface area (Å²) in [6.07, 6.45) is -7.02. The lowest BCUT2D eigenvalue weighted by Gasteiger charge is -2.31. The SMILES string of the molecule is CCC(C)CN(CC(O)C(Cc1ccccc1)NC(=O)[C@@H]1CN(c2ccccc2C(F)(F)F)C(=O)O1)Sc1ccc2c(c1)OCO2. The van der Waals surface area contributed by atoms with Crippen LogP contribution in [-0.2, 0) is 22.1 Å². The Bertz CT molecular complexity index is 1510. The van der Waals surface area contributed by atoms with E-state index in [4.69, 9.17) is 14.2 Å². The topological polar surface area (TPSA) is 101 Å². The van der Waals surface area contributed by atoms with Crippen LogP contribution >= 0.6 is 11.9 Å². The minimum Gasteiger partial charge on any atom is -0.454 e. The highest BCUT2D eigenvalue weighted by Gasteiger charge is 2.42. The number of ether oxygens (including phenoxy) is 3. The number of halogens is 3. The molecule has 0 bridgehead atoms. The molecule has 4 atom stereocenters. The monoisotopic (exact) mass is 659 g/mol. The molecule has 2 aliphatic heterocycles. The van der Waals surface area contributed by atoms with Crippen molar-refractivity contribution in [3.63, 3.8) is 0 Å². The van der Waals surface area contributed by atoms with Crippen LogP contribution in [0.5, 0.6) is 11.5 Å². The second kappa shape index (κ2) is 14.7. The van der Waals surface area contributed by atoms with Gasteiger partial charge in [0.1, 0.15) is 0 Å². The van der Waals surface area contributed by atoms with E-state index in [9.17, 15) is 27.9 Å². The number of amides is 2. The molecule has 2 amide bonds. The van der Waals surface area contributed by atoms with Crippen molar-refractivity contribution in [2.45, 2.75) is 56.0 Å². The molecule has 0 saturated carbocycles. The molecule has 0 radical (unpaired) electrons. The summed E-state index contributed by atoms with van der Waals surface area (Å²) in [6, 6.07) is 18.7. The highest BCUT2D eigenvalue weighted by molar-refractivity contribution is 7.97. The maximum atomic E-state index is 13.7. The van der Waals surface area contributed by atoms with Crippen LogP contribution < -0.4 is 19.7 Å². The zero-order valence-corrected chi connectivity index (χ0v) is 26.2. The number of benzene rings is 3. The number of hydrogen-bond donors (Lipinski definition) is 2. The second-order valence-corrected chi connectivity index (χ2v) is 12.5. The lowest BCUT2D eigenvalue weighted by Crippen LogP contribution is -2.52. The van der Waals surface area contributed by atoms with Gasteiger partial charge in [-0.3, -0.25) is 9.69 Å². The van der Waals surface area contributed by atoms with Crippen LogP contribution in [0.3, 0.4) is 0 Å². The number of aliphatic hydroxyl groups excluding tert-OH is 1. The summed E-state index contributed by atoms with van der Waals surface area (Å²) in [4.78, 5) is 27.9. The highest BCUT2D eigenvalue weighted by atomic mass is 32.2. The van der Waals surface area contributed by atoms with Gasteiger partial charge in [0.2, 0.25) is 6.79 Å². The smallest absolute Gasteiger partial charge is 0.418 e. The van der Waals surface area contributed by atoms with Crippen LogP contribution in [0, 0.1) is 5.92 Å². The van der Waals surface area contributed by atoms with E-state index in [-0.39, 0.29) is 19.8 Å². The van der Waals surface area contributed by atoms with Crippen molar-refractivity contribution in [3.05, 3.63) is 83.9 Å². The molecule has 246 valence electrons. The van der Waals surface area contributed by atoms with Crippen molar-refractivity contribution in [1.82, 2.24) is 9.62 Å². The summed E-state index contributed by atoms with van der Waals surface area (Å²) in [6.45, 7) is 4.76. The van der Waals surface area contributed by atoms with Gasteiger partial charge in [0, 0.05) is 18.0 Å². The van der Waals surface area contributed by atoms with Crippen LogP contribution in [0.1, 0.15) is 31.4 Å². The first-order valence-corrected chi connectivity index (χ1v) is 15.8. The summed E-state index contributed by atoms with van der Waals surface area (Å²) < 4.78 is 59.2. The molecule has 13 heteroatoms. The number of cyclic esters (lactones) is 1. The van der Waals surface area contributed by atoms with E-state index in [1.165, 1.54) is 24.1 Å². The van der Waals surface area contributed by atoms with Crippen LogP contribution in [0.25, 0.3) is 0 Å². The first kappa shape index (κ1) is 33.4. The Morgan fingerprint density at radius 3 is 2.52 bits per heavy atom. The Morgan fingerprint density at radius 1 is 1.07 bits per heavy atom.